The van der Waals surface area contributed by atoms with E-state index in [0.717, 1.165) is 6.54 Å². The number of nitrogens with zero attached hydrogens (tertiary/aromatic N) is 1. The summed E-state index contributed by atoms with van der Waals surface area (Å²) in [6.45, 7) is 1.38. The highest BCUT2D eigenvalue weighted by Gasteiger charge is 2.13. The van der Waals surface area contributed by atoms with Crippen molar-refractivity contribution in [1.29, 1.82) is 0 Å². The topological polar surface area (TPSA) is 54.0 Å². The normalized spacial score (nSPS) is 15.5. The molecule has 0 unspecified atom stereocenters. The standard InChI is InChI=1S/C8H9N3O/c12-8-6-2-1-3-9-7(6)10-4-5-11-8/h1-3H,4-5H2,(H,9,10)(H,11,12). The number of carbonyl (C=O) groups is 1. The van der Waals surface area contributed by atoms with Gasteiger partial charge in [0.05, 0.1) is 5.56 Å². The maximum absolute atomic E-state index is 11.3. The Morgan fingerprint density at radius 1 is 1.33 bits per heavy atom. The van der Waals surface area contributed by atoms with Crippen LogP contribution in [0.2, 0.25) is 0 Å². The number of hydrogen-bond acceptors (Lipinski definition) is 3. The average Bonchev–Trinajstić information content (AvgIpc) is 2.29. The van der Waals surface area contributed by atoms with Crippen molar-refractivity contribution in [3.8, 4) is 0 Å². The Bertz CT molecular complexity index is 311. The zero-order valence-corrected chi connectivity index (χ0v) is 6.50. The fourth-order valence-corrected chi connectivity index (χ4v) is 1.18. The lowest BCUT2D eigenvalue weighted by Gasteiger charge is -2.01. The second kappa shape index (κ2) is 2.81. The predicted octanol–water partition coefficient (Wildman–Crippen LogP) is 0.237. The van der Waals surface area contributed by atoms with E-state index < -0.39 is 0 Å². The van der Waals surface area contributed by atoms with Gasteiger partial charge in [-0.15, -0.1) is 0 Å². The summed E-state index contributed by atoms with van der Waals surface area (Å²) < 4.78 is 0. The predicted molar refractivity (Wildman–Crippen MR) is 45.1 cm³/mol. The number of nitrogens with one attached hydrogen (secondary N) is 2. The van der Waals surface area contributed by atoms with Gasteiger partial charge in [0, 0.05) is 19.3 Å². The fraction of sp³-hybridized carbons (Fsp3) is 0.250. The van der Waals surface area contributed by atoms with E-state index in [9.17, 15) is 4.79 Å². The summed E-state index contributed by atoms with van der Waals surface area (Å²) in [4.78, 5) is 15.4. The fourth-order valence-electron chi connectivity index (χ4n) is 1.18. The molecule has 0 radical (unpaired) electrons. The zero-order chi connectivity index (χ0) is 8.39. The van der Waals surface area contributed by atoms with E-state index >= 15 is 0 Å². The lowest BCUT2D eigenvalue weighted by atomic mass is 10.2. The van der Waals surface area contributed by atoms with Crippen LogP contribution in [0.5, 0.6) is 0 Å². The molecule has 1 aromatic rings. The molecule has 0 aliphatic carbocycles. The molecule has 4 nitrogen and oxygen atoms in total. The number of rotatable bonds is 0. The van der Waals surface area contributed by atoms with Crippen LogP contribution < -0.4 is 10.6 Å². The van der Waals surface area contributed by atoms with Crippen LogP contribution >= 0.6 is 0 Å². The molecule has 0 aromatic carbocycles. The molecule has 2 rings (SSSR count). The molecule has 62 valence electrons. The van der Waals surface area contributed by atoms with Crippen LogP contribution in [0.3, 0.4) is 0 Å². The van der Waals surface area contributed by atoms with Crippen molar-refractivity contribution in [1.82, 2.24) is 10.3 Å². The molecule has 12 heavy (non-hydrogen) atoms. The molecule has 1 aromatic heterocycles. The Morgan fingerprint density at radius 2 is 2.17 bits per heavy atom. The van der Waals surface area contributed by atoms with Crippen molar-refractivity contribution >= 4 is 11.7 Å². The van der Waals surface area contributed by atoms with Gasteiger partial charge in [0.1, 0.15) is 5.82 Å². The molecule has 0 spiro atoms. The minimum atomic E-state index is -0.0527. The number of anilines is 1. The van der Waals surface area contributed by atoms with Gasteiger partial charge in [-0.2, -0.15) is 0 Å². The Labute approximate surface area is 70.0 Å². The highest BCUT2D eigenvalue weighted by Crippen LogP contribution is 2.11. The van der Waals surface area contributed by atoms with Crippen LogP contribution in [-0.2, 0) is 0 Å². The van der Waals surface area contributed by atoms with Gasteiger partial charge in [-0.25, -0.2) is 4.98 Å². The largest absolute Gasteiger partial charge is 0.368 e. The summed E-state index contributed by atoms with van der Waals surface area (Å²) in [5, 5.41) is 5.82. The summed E-state index contributed by atoms with van der Waals surface area (Å²) >= 11 is 0. The molecule has 2 N–H and O–H groups in total. The molecule has 1 aliphatic heterocycles. The van der Waals surface area contributed by atoms with Gasteiger partial charge in [0.2, 0.25) is 0 Å². The second-order valence-electron chi connectivity index (χ2n) is 2.58. The van der Waals surface area contributed by atoms with E-state index in [1.807, 2.05) is 0 Å². The van der Waals surface area contributed by atoms with Gasteiger partial charge in [0.15, 0.2) is 0 Å². The van der Waals surface area contributed by atoms with E-state index in [1.165, 1.54) is 0 Å². The third-order valence-corrected chi connectivity index (χ3v) is 1.76. The van der Waals surface area contributed by atoms with Crippen molar-refractivity contribution in [2.75, 3.05) is 18.4 Å². The van der Waals surface area contributed by atoms with Gasteiger partial charge in [0.25, 0.3) is 5.91 Å². The Kier molecular flexibility index (Phi) is 1.66. The Morgan fingerprint density at radius 3 is 3.08 bits per heavy atom. The second-order valence-corrected chi connectivity index (χ2v) is 2.58. The Hall–Kier alpha value is -1.58. The smallest absolute Gasteiger partial charge is 0.255 e. The Balaban J connectivity index is 2.46. The SMILES string of the molecule is O=C1NCCNc2ncccc21. The van der Waals surface area contributed by atoms with Crippen LogP contribution in [0.15, 0.2) is 18.3 Å². The van der Waals surface area contributed by atoms with Crippen molar-refractivity contribution in [3.05, 3.63) is 23.9 Å². The van der Waals surface area contributed by atoms with Crippen LogP contribution in [0.1, 0.15) is 10.4 Å². The molecule has 1 aliphatic rings. The van der Waals surface area contributed by atoms with Crippen LogP contribution in [0, 0.1) is 0 Å². The number of hydrogen-bond donors (Lipinski definition) is 2. The first-order valence-corrected chi connectivity index (χ1v) is 3.85. The van der Waals surface area contributed by atoms with Crippen molar-refractivity contribution in [2.45, 2.75) is 0 Å². The molecule has 0 saturated heterocycles. The summed E-state index contributed by atoms with van der Waals surface area (Å²) in [7, 11) is 0. The van der Waals surface area contributed by atoms with E-state index in [2.05, 4.69) is 15.6 Å². The van der Waals surface area contributed by atoms with Gasteiger partial charge in [-0.05, 0) is 12.1 Å². The molecule has 0 atom stereocenters. The highest BCUT2D eigenvalue weighted by atomic mass is 16.1. The van der Waals surface area contributed by atoms with Crippen LogP contribution in [-0.4, -0.2) is 24.0 Å². The minimum Gasteiger partial charge on any atom is -0.368 e. The molecule has 0 saturated carbocycles. The number of fused-ring (bicyclic) bond motifs is 1. The lowest BCUT2D eigenvalue weighted by molar-refractivity contribution is 0.0958. The zero-order valence-electron chi connectivity index (χ0n) is 6.50. The van der Waals surface area contributed by atoms with Gasteiger partial charge < -0.3 is 10.6 Å². The summed E-state index contributed by atoms with van der Waals surface area (Å²) in [6.07, 6.45) is 1.67. The average molecular weight is 163 g/mol. The summed E-state index contributed by atoms with van der Waals surface area (Å²) in [5.41, 5.74) is 0.620. The monoisotopic (exact) mass is 163 g/mol. The first kappa shape index (κ1) is 7.09. The molecule has 4 heteroatoms. The molecular weight excluding hydrogens is 154 g/mol. The van der Waals surface area contributed by atoms with Gasteiger partial charge in [-0.3, -0.25) is 4.79 Å². The molecule has 2 heterocycles. The minimum absolute atomic E-state index is 0.0527. The third-order valence-electron chi connectivity index (χ3n) is 1.76. The summed E-state index contributed by atoms with van der Waals surface area (Å²) in [5.74, 6) is 0.621. The number of amides is 1. The third kappa shape index (κ3) is 1.11. The lowest BCUT2D eigenvalue weighted by Crippen LogP contribution is -2.24. The molecular formula is C8H9N3O. The maximum Gasteiger partial charge on any atom is 0.255 e. The maximum atomic E-state index is 11.3. The number of carbonyl (C=O) groups excluding carboxylic acids is 1. The van der Waals surface area contributed by atoms with E-state index in [4.69, 9.17) is 0 Å². The first-order chi connectivity index (χ1) is 5.88. The number of pyridine rings is 1. The quantitative estimate of drug-likeness (QED) is 0.576. The molecule has 1 amide bonds. The van der Waals surface area contributed by atoms with Crippen molar-refractivity contribution in [3.63, 3.8) is 0 Å². The van der Waals surface area contributed by atoms with Crippen molar-refractivity contribution in [2.24, 2.45) is 0 Å². The molecule has 0 fully saturated rings. The van der Waals surface area contributed by atoms with Crippen LogP contribution in [0.4, 0.5) is 5.82 Å². The van der Waals surface area contributed by atoms with E-state index in [1.54, 1.807) is 18.3 Å². The number of aromatic nitrogens is 1. The van der Waals surface area contributed by atoms with Crippen molar-refractivity contribution < 1.29 is 4.79 Å². The van der Waals surface area contributed by atoms with Crippen LogP contribution in [0.25, 0.3) is 0 Å². The van der Waals surface area contributed by atoms with Gasteiger partial charge >= 0.3 is 0 Å². The highest BCUT2D eigenvalue weighted by molar-refractivity contribution is 5.99. The van der Waals surface area contributed by atoms with E-state index in [-0.39, 0.29) is 5.91 Å². The summed E-state index contributed by atoms with van der Waals surface area (Å²) in [6, 6.07) is 3.52. The first-order valence-electron chi connectivity index (χ1n) is 3.85. The molecule has 0 bridgehead atoms. The van der Waals surface area contributed by atoms with E-state index in [0.29, 0.717) is 17.9 Å². The van der Waals surface area contributed by atoms with Gasteiger partial charge in [-0.1, -0.05) is 0 Å².